The number of fused-ring (bicyclic) bond motifs is 1. The van der Waals surface area contributed by atoms with Gasteiger partial charge in [-0.2, -0.15) is 9.61 Å². The fourth-order valence-electron chi connectivity index (χ4n) is 3.66. The highest BCUT2D eigenvalue weighted by Gasteiger charge is 2.24. The van der Waals surface area contributed by atoms with Crippen LogP contribution in [0.5, 0.6) is 0 Å². The van der Waals surface area contributed by atoms with Crippen molar-refractivity contribution in [1.82, 2.24) is 19.8 Å². The molecule has 1 aliphatic heterocycles. The van der Waals surface area contributed by atoms with Crippen LogP contribution in [0.3, 0.4) is 0 Å². The summed E-state index contributed by atoms with van der Waals surface area (Å²) in [5, 5.41) is 12.8. The summed E-state index contributed by atoms with van der Waals surface area (Å²) in [5.74, 6) is 0.645. The minimum absolute atomic E-state index is 0.645. The molecule has 3 aromatic rings. The quantitative estimate of drug-likeness (QED) is 0.717. The molecule has 25 heavy (non-hydrogen) atoms. The van der Waals surface area contributed by atoms with Crippen LogP contribution in [0.1, 0.15) is 19.0 Å². The third kappa shape index (κ3) is 3.16. The molecule has 1 unspecified atom stereocenters. The van der Waals surface area contributed by atoms with Crippen LogP contribution in [-0.2, 0) is 6.42 Å². The van der Waals surface area contributed by atoms with Crippen molar-refractivity contribution in [2.45, 2.75) is 19.8 Å². The fraction of sp³-hybridized carbons (Fsp3) is 0.421. The van der Waals surface area contributed by atoms with E-state index in [-0.39, 0.29) is 0 Å². The minimum atomic E-state index is 0.645. The molecule has 3 heterocycles. The molecule has 0 aliphatic carbocycles. The van der Waals surface area contributed by atoms with Crippen molar-refractivity contribution in [3.63, 3.8) is 0 Å². The predicted octanol–water partition coefficient (Wildman–Crippen LogP) is 2.65. The number of anilines is 2. The van der Waals surface area contributed by atoms with E-state index in [0.717, 1.165) is 43.1 Å². The second-order valence-corrected chi connectivity index (χ2v) is 6.79. The Hall–Kier alpha value is -2.63. The summed E-state index contributed by atoms with van der Waals surface area (Å²) < 4.78 is 1.79. The van der Waals surface area contributed by atoms with Gasteiger partial charge in [-0.25, -0.2) is 0 Å². The normalized spacial score (nSPS) is 17.4. The topological polar surface area (TPSA) is 49.6 Å². The van der Waals surface area contributed by atoms with Crippen LogP contribution in [0.15, 0.2) is 42.7 Å². The summed E-state index contributed by atoms with van der Waals surface area (Å²) in [6, 6.07) is 12.8. The van der Waals surface area contributed by atoms with Gasteiger partial charge in [0.15, 0.2) is 0 Å². The maximum absolute atomic E-state index is 4.54. The standard InChI is InChI=1S/C19H24N6/c1-3-16-11-18(19-21-20-14-25(19)22-16)23(2)12-15-9-10-24(13-15)17-7-5-4-6-8-17/h4-8,11,14-15H,3,9-10,12-13H2,1-2H3. The van der Waals surface area contributed by atoms with Gasteiger partial charge in [0.05, 0.1) is 11.4 Å². The first-order valence-electron chi connectivity index (χ1n) is 8.95. The Bertz CT molecular complexity index is 844. The van der Waals surface area contributed by atoms with Crippen LogP contribution < -0.4 is 9.80 Å². The molecular weight excluding hydrogens is 312 g/mol. The first kappa shape index (κ1) is 15.9. The molecule has 6 heteroatoms. The van der Waals surface area contributed by atoms with Crippen LogP contribution in [0.25, 0.3) is 5.65 Å². The van der Waals surface area contributed by atoms with E-state index >= 15 is 0 Å². The summed E-state index contributed by atoms with van der Waals surface area (Å²) in [6.07, 6.45) is 3.80. The van der Waals surface area contributed by atoms with Crippen molar-refractivity contribution >= 4 is 17.0 Å². The Morgan fingerprint density at radius 2 is 2.08 bits per heavy atom. The van der Waals surface area contributed by atoms with Gasteiger partial charge in [-0.05, 0) is 37.0 Å². The third-order valence-electron chi connectivity index (χ3n) is 5.01. The van der Waals surface area contributed by atoms with E-state index in [2.05, 4.69) is 75.5 Å². The largest absolute Gasteiger partial charge is 0.371 e. The Morgan fingerprint density at radius 3 is 2.88 bits per heavy atom. The maximum atomic E-state index is 4.54. The average Bonchev–Trinajstić information content (AvgIpc) is 3.30. The molecule has 0 amide bonds. The minimum Gasteiger partial charge on any atom is -0.371 e. The number of para-hydroxylation sites is 1. The Kier molecular flexibility index (Phi) is 4.26. The molecule has 6 nitrogen and oxygen atoms in total. The second-order valence-electron chi connectivity index (χ2n) is 6.79. The van der Waals surface area contributed by atoms with Gasteiger partial charge in [-0.1, -0.05) is 25.1 Å². The van der Waals surface area contributed by atoms with Gasteiger partial charge >= 0.3 is 0 Å². The maximum Gasteiger partial charge on any atom is 0.200 e. The molecule has 0 spiro atoms. The molecule has 4 rings (SSSR count). The van der Waals surface area contributed by atoms with Gasteiger partial charge in [0, 0.05) is 32.4 Å². The molecule has 0 saturated carbocycles. The van der Waals surface area contributed by atoms with E-state index < -0.39 is 0 Å². The zero-order valence-electron chi connectivity index (χ0n) is 14.8. The highest BCUT2D eigenvalue weighted by molar-refractivity contribution is 5.68. The third-order valence-corrected chi connectivity index (χ3v) is 5.01. The molecule has 1 saturated heterocycles. The summed E-state index contributed by atoms with van der Waals surface area (Å²) >= 11 is 0. The zero-order chi connectivity index (χ0) is 17.2. The van der Waals surface area contributed by atoms with E-state index in [9.17, 15) is 0 Å². The highest BCUT2D eigenvalue weighted by atomic mass is 15.4. The highest BCUT2D eigenvalue weighted by Crippen LogP contribution is 2.26. The Labute approximate surface area is 148 Å². The molecule has 1 aromatic carbocycles. The van der Waals surface area contributed by atoms with Crippen molar-refractivity contribution in [2.24, 2.45) is 5.92 Å². The molecule has 0 bridgehead atoms. The number of rotatable bonds is 5. The predicted molar refractivity (Wildman–Crippen MR) is 100 cm³/mol. The molecular formula is C19H24N6. The number of aromatic nitrogens is 4. The lowest BCUT2D eigenvalue weighted by molar-refractivity contribution is 0.584. The molecule has 130 valence electrons. The summed E-state index contributed by atoms with van der Waals surface area (Å²) in [4.78, 5) is 4.79. The van der Waals surface area contributed by atoms with E-state index in [1.807, 2.05) is 0 Å². The van der Waals surface area contributed by atoms with Crippen LogP contribution in [0.2, 0.25) is 0 Å². The fourth-order valence-corrected chi connectivity index (χ4v) is 3.66. The van der Waals surface area contributed by atoms with Gasteiger partial charge in [0.1, 0.15) is 6.33 Å². The molecule has 1 aliphatic rings. The summed E-state index contributed by atoms with van der Waals surface area (Å²) in [5.41, 5.74) is 4.33. The van der Waals surface area contributed by atoms with Crippen molar-refractivity contribution in [1.29, 1.82) is 0 Å². The van der Waals surface area contributed by atoms with Crippen molar-refractivity contribution in [3.8, 4) is 0 Å². The lowest BCUT2D eigenvalue weighted by atomic mass is 10.1. The number of hydrogen-bond donors (Lipinski definition) is 0. The van der Waals surface area contributed by atoms with Gasteiger partial charge in [0.2, 0.25) is 5.65 Å². The van der Waals surface area contributed by atoms with Gasteiger partial charge in [-0.15, -0.1) is 10.2 Å². The molecule has 1 atom stereocenters. The van der Waals surface area contributed by atoms with Crippen molar-refractivity contribution in [3.05, 3.63) is 48.4 Å². The number of nitrogens with zero attached hydrogens (tertiary/aromatic N) is 6. The van der Waals surface area contributed by atoms with E-state index in [4.69, 9.17) is 0 Å². The first-order chi connectivity index (χ1) is 12.2. The molecule has 0 radical (unpaired) electrons. The van der Waals surface area contributed by atoms with Crippen LogP contribution in [0.4, 0.5) is 11.4 Å². The summed E-state index contributed by atoms with van der Waals surface area (Å²) in [7, 11) is 2.15. The van der Waals surface area contributed by atoms with Crippen molar-refractivity contribution < 1.29 is 0 Å². The first-order valence-corrected chi connectivity index (χ1v) is 8.95. The summed E-state index contributed by atoms with van der Waals surface area (Å²) in [6.45, 7) is 5.36. The van der Waals surface area contributed by atoms with Gasteiger partial charge in [0.25, 0.3) is 0 Å². The van der Waals surface area contributed by atoms with Crippen LogP contribution in [-0.4, -0.2) is 46.5 Å². The average molecular weight is 336 g/mol. The molecule has 2 aromatic heterocycles. The number of benzene rings is 1. The van der Waals surface area contributed by atoms with Gasteiger partial charge in [-0.3, -0.25) is 0 Å². The smallest absolute Gasteiger partial charge is 0.200 e. The lowest BCUT2D eigenvalue weighted by Crippen LogP contribution is -2.28. The second kappa shape index (κ2) is 6.70. The lowest BCUT2D eigenvalue weighted by Gasteiger charge is -2.24. The van der Waals surface area contributed by atoms with Crippen LogP contribution >= 0.6 is 0 Å². The molecule has 1 fully saturated rings. The van der Waals surface area contributed by atoms with E-state index in [1.54, 1.807) is 10.8 Å². The Morgan fingerprint density at radius 1 is 1.24 bits per heavy atom. The monoisotopic (exact) mass is 336 g/mol. The van der Waals surface area contributed by atoms with Crippen LogP contribution in [0, 0.1) is 5.92 Å². The van der Waals surface area contributed by atoms with E-state index in [1.165, 1.54) is 12.1 Å². The zero-order valence-corrected chi connectivity index (χ0v) is 14.8. The van der Waals surface area contributed by atoms with Crippen molar-refractivity contribution in [2.75, 3.05) is 36.5 Å². The Balaban J connectivity index is 1.49. The van der Waals surface area contributed by atoms with E-state index in [0.29, 0.717) is 5.92 Å². The molecule has 0 N–H and O–H groups in total. The van der Waals surface area contributed by atoms with Gasteiger partial charge < -0.3 is 9.80 Å². The number of hydrogen-bond acceptors (Lipinski definition) is 5. The SMILES string of the molecule is CCc1cc(N(C)CC2CCN(c3ccccc3)C2)c2nncn2n1. The number of aryl methyl sites for hydroxylation is 1.